The van der Waals surface area contributed by atoms with Crippen LogP contribution in [0.2, 0.25) is 0 Å². The number of anilines is 1. The molecule has 24 heavy (non-hydrogen) atoms. The lowest BCUT2D eigenvalue weighted by Gasteiger charge is -2.10. The molecule has 3 aromatic rings. The molecule has 4 heteroatoms. The zero-order valence-corrected chi connectivity index (χ0v) is 13.0. The molecule has 0 radical (unpaired) electrons. The fourth-order valence-electron chi connectivity index (χ4n) is 2.80. The Morgan fingerprint density at radius 3 is 2.67 bits per heavy atom. The van der Waals surface area contributed by atoms with Gasteiger partial charge in [-0.05, 0) is 29.0 Å². The summed E-state index contributed by atoms with van der Waals surface area (Å²) in [5.74, 6) is 0.424. The smallest absolute Gasteiger partial charge is 0.204 e. The van der Waals surface area contributed by atoms with Crippen LogP contribution >= 0.6 is 0 Å². The minimum Gasteiger partial charge on any atom is -0.438 e. The Morgan fingerprint density at radius 2 is 1.83 bits per heavy atom. The predicted octanol–water partition coefficient (Wildman–Crippen LogP) is 4.53. The molecule has 0 saturated heterocycles. The topological polar surface area (TPSA) is 29.5 Å². The highest BCUT2D eigenvalue weighted by Gasteiger charge is 2.24. The Kier molecular flexibility index (Phi) is 3.31. The SMILES string of the molecule is CN1C(=CC(=O)c2ccc3ccccc3c2)Oc2ccc(F)cc21. The first-order valence-corrected chi connectivity index (χ1v) is 7.58. The van der Waals surface area contributed by atoms with Gasteiger partial charge in [0.2, 0.25) is 5.88 Å². The van der Waals surface area contributed by atoms with E-state index in [9.17, 15) is 9.18 Å². The highest BCUT2D eigenvalue weighted by molar-refractivity contribution is 6.07. The molecule has 0 N–H and O–H groups in total. The van der Waals surface area contributed by atoms with Gasteiger partial charge in [0, 0.05) is 24.8 Å². The number of carbonyl (C=O) groups excluding carboxylic acids is 1. The average Bonchev–Trinajstić information content (AvgIpc) is 2.90. The predicted molar refractivity (Wildman–Crippen MR) is 91.8 cm³/mol. The number of fused-ring (bicyclic) bond motifs is 2. The van der Waals surface area contributed by atoms with E-state index in [2.05, 4.69) is 0 Å². The van der Waals surface area contributed by atoms with E-state index in [-0.39, 0.29) is 11.6 Å². The molecule has 0 amide bonds. The van der Waals surface area contributed by atoms with Crippen molar-refractivity contribution >= 4 is 22.2 Å². The molecule has 0 unspecified atom stereocenters. The van der Waals surface area contributed by atoms with Crippen LogP contribution in [0.5, 0.6) is 5.75 Å². The highest BCUT2D eigenvalue weighted by Crippen LogP contribution is 2.38. The van der Waals surface area contributed by atoms with Crippen molar-refractivity contribution in [3.63, 3.8) is 0 Å². The quantitative estimate of drug-likeness (QED) is 0.513. The number of ketones is 1. The van der Waals surface area contributed by atoms with Gasteiger partial charge >= 0.3 is 0 Å². The summed E-state index contributed by atoms with van der Waals surface area (Å²) in [5, 5.41) is 2.09. The summed E-state index contributed by atoms with van der Waals surface area (Å²) in [4.78, 5) is 14.2. The van der Waals surface area contributed by atoms with Crippen molar-refractivity contribution in [3.8, 4) is 5.75 Å². The van der Waals surface area contributed by atoms with E-state index in [0.717, 1.165) is 10.8 Å². The third-order valence-corrected chi connectivity index (χ3v) is 4.12. The second-order valence-electron chi connectivity index (χ2n) is 5.68. The molecule has 1 heterocycles. The van der Waals surface area contributed by atoms with E-state index in [1.165, 1.54) is 18.2 Å². The van der Waals surface area contributed by atoms with Crippen molar-refractivity contribution < 1.29 is 13.9 Å². The highest BCUT2D eigenvalue weighted by atomic mass is 19.1. The van der Waals surface area contributed by atoms with Gasteiger partial charge in [0.1, 0.15) is 5.82 Å². The molecule has 0 atom stereocenters. The molecule has 118 valence electrons. The van der Waals surface area contributed by atoms with E-state index in [0.29, 0.717) is 22.9 Å². The van der Waals surface area contributed by atoms with Crippen LogP contribution in [0.4, 0.5) is 10.1 Å². The largest absolute Gasteiger partial charge is 0.438 e. The van der Waals surface area contributed by atoms with Gasteiger partial charge in [-0.25, -0.2) is 4.39 Å². The van der Waals surface area contributed by atoms with Crippen molar-refractivity contribution in [2.75, 3.05) is 11.9 Å². The lowest BCUT2D eigenvalue weighted by molar-refractivity contribution is 0.104. The number of halogens is 1. The van der Waals surface area contributed by atoms with Crippen LogP contribution in [0.1, 0.15) is 10.4 Å². The van der Waals surface area contributed by atoms with Crippen LogP contribution in [-0.4, -0.2) is 12.8 Å². The van der Waals surface area contributed by atoms with Crippen LogP contribution in [0.3, 0.4) is 0 Å². The van der Waals surface area contributed by atoms with Gasteiger partial charge in [0.25, 0.3) is 0 Å². The lowest BCUT2D eigenvalue weighted by Crippen LogP contribution is -2.15. The van der Waals surface area contributed by atoms with Crippen LogP contribution in [0.25, 0.3) is 10.8 Å². The summed E-state index contributed by atoms with van der Waals surface area (Å²) in [5.41, 5.74) is 1.19. The summed E-state index contributed by atoms with van der Waals surface area (Å²) in [7, 11) is 1.74. The van der Waals surface area contributed by atoms with Gasteiger partial charge in [0.15, 0.2) is 11.5 Å². The molecule has 1 aliphatic heterocycles. The molecule has 0 spiro atoms. The Labute approximate surface area is 138 Å². The number of carbonyl (C=O) groups is 1. The first-order valence-electron chi connectivity index (χ1n) is 7.58. The summed E-state index contributed by atoms with van der Waals surface area (Å²) < 4.78 is 19.0. The minimum atomic E-state index is -0.341. The van der Waals surface area contributed by atoms with Crippen molar-refractivity contribution in [2.24, 2.45) is 0 Å². The average molecular weight is 319 g/mol. The Hall–Kier alpha value is -3.14. The zero-order chi connectivity index (χ0) is 16.7. The van der Waals surface area contributed by atoms with Gasteiger partial charge in [-0.3, -0.25) is 4.79 Å². The van der Waals surface area contributed by atoms with Crippen LogP contribution in [0, 0.1) is 5.82 Å². The monoisotopic (exact) mass is 319 g/mol. The lowest BCUT2D eigenvalue weighted by atomic mass is 10.0. The number of ether oxygens (including phenoxy) is 1. The van der Waals surface area contributed by atoms with E-state index < -0.39 is 0 Å². The second-order valence-corrected chi connectivity index (χ2v) is 5.68. The molecule has 3 aromatic carbocycles. The van der Waals surface area contributed by atoms with Gasteiger partial charge in [-0.1, -0.05) is 36.4 Å². The van der Waals surface area contributed by atoms with E-state index in [1.807, 2.05) is 36.4 Å². The number of benzene rings is 3. The molecule has 0 aromatic heterocycles. The molecular formula is C20H14FNO2. The number of allylic oxidation sites excluding steroid dienone is 1. The van der Waals surface area contributed by atoms with Crippen LogP contribution in [0.15, 0.2) is 72.6 Å². The van der Waals surface area contributed by atoms with Gasteiger partial charge in [-0.15, -0.1) is 0 Å². The molecule has 0 aliphatic carbocycles. The Morgan fingerprint density at radius 1 is 1.04 bits per heavy atom. The van der Waals surface area contributed by atoms with E-state index in [1.54, 1.807) is 24.1 Å². The van der Waals surface area contributed by atoms with Crippen LogP contribution < -0.4 is 9.64 Å². The van der Waals surface area contributed by atoms with Crippen molar-refractivity contribution in [3.05, 3.63) is 84.0 Å². The fraction of sp³-hybridized carbons (Fsp3) is 0.0500. The number of hydrogen-bond acceptors (Lipinski definition) is 3. The minimum absolute atomic E-state index is 0.157. The zero-order valence-electron chi connectivity index (χ0n) is 13.0. The first-order chi connectivity index (χ1) is 11.6. The Balaban J connectivity index is 1.66. The maximum absolute atomic E-state index is 13.4. The van der Waals surface area contributed by atoms with Gasteiger partial charge in [-0.2, -0.15) is 0 Å². The van der Waals surface area contributed by atoms with E-state index in [4.69, 9.17) is 4.74 Å². The van der Waals surface area contributed by atoms with Gasteiger partial charge in [0.05, 0.1) is 5.69 Å². The van der Waals surface area contributed by atoms with Crippen LogP contribution in [-0.2, 0) is 0 Å². The molecule has 1 aliphatic rings. The normalized spacial score (nSPS) is 14.8. The molecule has 4 rings (SSSR count). The summed E-state index contributed by atoms with van der Waals surface area (Å²) in [6.07, 6.45) is 1.43. The summed E-state index contributed by atoms with van der Waals surface area (Å²) >= 11 is 0. The van der Waals surface area contributed by atoms with Crippen molar-refractivity contribution in [1.82, 2.24) is 0 Å². The molecular weight excluding hydrogens is 305 g/mol. The number of hydrogen-bond donors (Lipinski definition) is 0. The maximum atomic E-state index is 13.4. The summed E-state index contributed by atoms with van der Waals surface area (Å²) in [6, 6.07) is 17.7. The maximum Gasteiger partial charge on any atom is 0.204 e. The number of rotatable bonds is 2. The van der Waals surface area contributed by atoms with Crippen molar-refractivity contribution in [1.29, 1.82) is 0 Å². The van der Waals surface area contributed by atoms with E-state index >= 15 is 0 Å². The molecule has 0 saturated carbocycles. The molecule has 0 bridgehead atoms. The fourth-order valence-corrected chi connectivity index (χ4v) is 2.80. The number of nitrogens with zero attached hydrogens (tertiary/aromatic N) is 1. The Bertz CT molecular complexity index is 994. The van der Waals surface area contributed by atoms with Crippen molar-refractivity contribution in [2.45, 2.75) is 0 Å². The third kappa shape index (κ3) is 2.42. The first kappa shape index (κ1) is 14.5. The van der Waals surface area contributed by atoms with Gasteiger partial charge < -0.3 is 9.64 Å². The molecule has 3 nitrogen and oxygen atoms in total. The third-order valence-electron chi connectivity index (χ3n) is 4.12. The summed E-state index contributed by atoms with van der Waals surface area (Å²) in [6.45, 7) is 0. The standard InChI is InChI=1S/C20H14FNO2/c1-22-17-11-16(21)8-9-19(17)24-20(22)12-18(23)15-7-6-13-4-2-3-5-14(13)10-15/h2-12H,1H3. The second kappa shape index (κ2) is 5.49. The molecule has 0 fully saturated rings.